The highest BCUT2D eigenvalue weighted by Crippen LogP contribution is 1.98. The third-order valence-corrected chi connectivity index (χ3v) is 3.15. The molecule has 0 rings (SSSR count). The Morgan fingerprint density at radius 2 is 1.94 bits per heavy atom. The van der Waals surface area contributed by atoms with Gasteiger partial charge in [-0.15, -0.1) is 0 Å². The Morgan fingerprint density at radius 3 is 2.38 bits per heavy atom. The molecule has 0 fully saturated rings. The molecule has 0 unspecified atom stereocenters. The van der Waals surface area contributed by atoms with E-state index in [4.69, 9.17) is 0 Å². The van der Waals surface area contributed by atoms with Crippen LogP contribution in [0.4, 0.5) is 4.79 Å². The number of nitrogens with zero attached hydrogens (tertiary/aromatic N) is 1. The van der Waals surface area contributed by atoms with Crippen LogP contribution in [0, 0.1) is 0 Å². The van der Waals surface area contributed by atoms with Gasteiger partial charge in [0.2, 0.25) is 10.0 Å². The standard InChI is InChI=1S/C9H20N2O4S/c1-4-7-11(16(3,13)14)8-6-10-9(12)15-5-2/h4-8H2,1-3H3,(H,10,12). The summed E-state index contributed by atoms with van der Waals surface area (Å²) in [6.07, 6.45) is 1.38. The van der Waals surface area contributed by atoms with Crippen molar-refractivity contribution in [3.63, 3.8) is 0 Å². The molecule has 0 saturated heterocycles. The summed E-state index contributed by atoms with van der Waals surface area (Å²) in [5, 5.41) is 2.48. The average molecular weight is 252 g/mol. The number of carbonyl (C=O) groups excluding carboxylic acids is 1. The molecule has 0 spiro atoms. The first kappa shape index (κ1) is 15.2. The summed E-state index contributed by atoms with van der Waals surface area (Å²) in [5.74, 6) is 0. The lowest BCUT2D eigenvalue weighted by atomic mass is 10.5. The summed E-state index contributed by atoms with van der Waals surface area (Å²) in [6, 6.07) is 0. The number of sulfonamides is 1. The number of hydrogen-bond donors (Lipinski definition) is 1. The number of ether oxygens (including phenoxy) is 1. The first-order valence-electron chi connectivity index (χ1n) is 5.27. The second-order valence-electron chi connectivity index (χ2n) is 3.31. The Balaban J connectivity index is 4.00. The van der Waals surface area contributed by atoms with Gasteiger partial charge in [0.25, 0.3) is 0 Å². The second-order valence-corrected chi connectivity index (χ2v) is 5.29. The van der Waals surface area contributed by atoms with E-state index < -0.39 is 16.1 Å². The summed E-state index contributed by atoms with van der Waals surface area (Å²) >= 11 is 0. The predicted molar refractivity (Wildman–Crippen MR) is 61.7 cm³/mol. The Hall–Kier alpha value is -0.820. The van der Waals surface area contributed by atoms with Crippen LogP contribution >= 0.6 is 0 Å². The van der Waals surface area contributed by atoms with Crippen molar-refractivity contribution >= 4 is 16.1 Å². The lowest BCUT2D eigenvalue weighted by Crippen LogP contribution is -2.38. The van der Waals surface area contributed by atoms with Crippen LogP contribution < -0.4 is 5.32 Å². The molecular formula is C9H20N2O4S. The molecule has 1 amide bonds. The smallest absolute Gasteiger partial charge is 0.407 e. The van der Waals surface area contributed by atoms with E-state index in [1.54, 1.807) is 6.92 Å². The van der Waals surface area contributed by atoms with Gasteiger partial charge in [0.05, 0.1) is 12.9 Å². The van der Waals surface area contributed by atoms with Crippen LogP contribution in [0.25, 0.3) is 0 Å². The highest BCUT2D eigenvalue weighted by molar-refractivity contribution is 7.88. The van der Waals surface area contributed by atoms with E-state index in [0.717, 1.165) is 12.7 Å². The molecule has 0 aliphatic heterocycles. The molecule has 0 aromatic carbocycles. The number of hydrogen-bond acceptors (Lipinski definition) is 4. The maximum atomic E-state index is 11.3. The molecular weight excluding hydrogens is 232 g/mol. The predicted octanol–water partition coefficient (Wildman–Crippen LogP) is 0.404. The largest absolute Gasteiger partial charge is 0.450 e. The Morgan fingerprint density at radius 1 is 1.31 bits per heavy atom. The molecule has 0 aliphatic rings. The summed E-state index contributed by atoms with van der Waals surface area (Å²) in [5.41, 5.74) is 0. The highest BCUT2D eigenvalue weighted by atomic mass is 32.2. The normalized spacial score (nSPS) is 11.5. The fraction of sp³-hybridized carbons (Fsp3) is 0.889. The van der Waals surface area contributed by atoms with E-state index in [1.165, 1.54) is 4.31 Å². The number of carbonyl (C=O) groups is 1. The molecule has 0 aliphatic carbocycles. The van der Waals surface area contributed by atoms with E-state index in [1.807, 2.05) is 6.92 Å². The third-order valence-electron chi connectivity index (χ3n) is 1.85. The van der Waals surface area contributed by atoms with Gasteiger partial charge < -0.3 is 10.1 Å². The minimum atomic E-state index is -3.20. The molecule has 96 valence electrons. The minimum absolute atomic E-state index is 0.256. The van der Waals surface area contributed by atoms with Crippen LogP contribution in [0.2, 0.25) is 0 Å². The molecule has 0 heterocycles. The third kappa shape index (κ3) is 6.62. The lowest BCUT2D eigenvalue weighted by molar-refractivity contribution is 0.151. The summed E-state index contributed by atoms with van der Waals surface area (Å²) in [4.78, 5) is 10.9. The molecule has 1 N–H and O–H groups in total. The van der Waals surface area contributed by atoms with Crippen LogP contribution in [0.3, 0.4) is 0 Å². The fourth-order valence-electron chi connectivity index (χ4n) is 1.16. The monoisotopic (exact) mass is 252 g/mol. The Kier molecular flexibility index (Phi) is 7.07. The molecule has 6 nitrogen and oxygen atoms in total. The zero-order valence-corrected chi connectivity index (χ0v) is 10.8. The number of nitrogens with one attached hydrogen (secondary N) is 1. The minimum Gasteiger partial charge on any atom is -0.450 e. The summed E-state index contributed by atoms with van der Waals surface area (Å²) < 4.78 is 28.6. The Labute approximate surface area is 97.0 Å². The van der Waals surface area contributed by atoms with E-state index >= 15 is 0 Å². The molecule has 0 radical (unpaired) electrons. The zero-order valence-electron chi connectivity index (χ0n) is 10.0. The van der Waals surface area contributed by atoms with Gasteiger partial charge >= 0.3 is 6.09 Å². The van der Waals surface area contributed by atoms with E-state index in [-0.39, 0.29) is 13.1 Å². The van der Waals surface area contributed by atoms with Crippen LogP contribution in [0.1, 0.15) is 20.3 Å². The lowest BCUT2D eigenvalue weighted by Gasteiger charge is -2.18. The SMILES string of the molecule is CCCN(CCNC(=O)OCC)S(C)(=O)=O. The average Bonchev–Trinajstić information content (AvgIpc) is 2.15. The zero-order chi connectivity index (χ0) is 12.6. The van der Waals surface area contributed by atoms with Crippen molar-refractivity contribution in [2.75, 3.05) is 32.5 Å². The van der Waals surface area contributed by atoms with Crippen molar-refractivity contribution in [2.24, 2.45) is 0 Å². The summed E-state index contributed by atoms with van der Waals surface area (Å²) in [6.45, 7) is 4.90. The Bertz CT molecular complexity index is 303. The summed E-state index contributed by atoms with van der Waals surface area (Å²) in [7, 11) is -3.20. The fourth-order valence-corrected chi connectivity index (χ4v) is 2.09. The maximum Gasteiger partial charge on any atom is 0.407 e. The molecule has 0 aromatic heterocycles. The molecule has 7 heteroatoms. The van der Waals surface area contributed by atoms with Gasteiger partial charge in [0, 0.05) is 19.6 Å². The van der Waals surface area contributed by atoms with Gasteiger partial charge in [-0.05, 0) is 13.3 Å². The number of alkyl carbamates (subject to hydrolysis) is 1. The number of rotatable bonds is 7. The molecule has 0 saturated carbocycles. The van der Waals surface area contributed by atoms with Crippen molar-refractivity contribution in [3.05, 3.63) is 0 Å². The van der Waals surface area contributed by atoms with E-state index in [2.05, 4.69) is 10.1 Å². The van der Waals surface area contributed by atoms with Crippen molar-refractivity contribution < 1.29 is 17.9 Å². The van der Waals surface area contributed by atoms with Crippen molar-refractivity contribution in [2.45, 2.75) is 20.3 Å². The number of amides is 1. The molecule has 16 heavy (non-hydrogen) atoms. The second kappa shape index (κ2) is 7.45. The first-order chi connectivity index (χ1) is 7.41. The van der Waals surface area contributed by atoms with E-state index in [0.29, 0.717) is 13.2 Å². The molecule has 0 aromatic rings. The highest BCUT2D eigenvalue weighted by Gasteiger charge is 2.15. The molecule has 0 bridgehead atoms. The van der Waals surface area contributed by atoms with Gasteiger partial charge in [-0.2, -0.15) is 0 Å². The van der Waals surface area contributed by atoms with E-state index in [9.17, 15) is 13.2 Å². The quantitative estimate of drug-likeness (QED) is 0.712. The van der Waals surface area contributed by atoms with Crippen molar-refractivity contribution in [1.82, 2.24) is 9.62 Å². The maximum absolute atomic E-state index is 11.3. The topological polar surface area (TPSA) is 75.7 Å². The van der Waals surface area contributed by atoms with Gasteiger partial charge in [0.1, 0.15) is 0 Å². The van der Waals surface area contributed by atoms with Gasteiger partial charge in [-0.25, -0.2) is 17.5 Å². The van der Waals surface area contributed by atoms with Crippen molar-refractivity contribution in [1.29, 1.82) is 0 Å². The van der Waals surface area contributed by atoms with Crippen LogP contribution in [0.15, 0.2) is 0 Å². The van der Waals surface area contributed by atoms with Gasteiger partial charge in [-0.1, -0.05) is 6.92 Å². The van der Waals surface area contributed by atoms with Gasteiger partial charge in [0.15, 0.2) is 0 Å². The van der Waals surface area contributed by atoms with Crippen LogP contribution in [-0.4, -0.2) is 51.3 Å². The van der Waals surface area contributed by atoms with Crippen LogP contribution in [-0.2, 0) is 14.8 Å². The van der Waals surface area contributed by atoms with Crippen LogP contribution in [0.5, 0.6) is 0 Å². The van der Waals surface area contributed by atoms with Crippen molar-refractivity contribution in [3.8, 4) is 0 Å². The van der Waals surface area contributed by atoms with Gasteiger partial charge in [-0.3, -0.25) is 0 Å². The molecule has 0 atom stereocenters. The first-order valence-corrected chi connectivity index (χ1v) is 7.12.